The van der Waals surface area contributed by atoms with Crippen LogP contribution in [0.2, 0.25) is 0 Å². The largest absolute Gasteiger partial charge is 1.00 e. The molecule has 18 valence electrons. The van der Waals surface area contributed by atoms with Gasteiger partial charge in [-0.05, 0) is 0 Å². The number of halogens is 2. The zero-order valence-corrected chi connectivity index (χ0v) is 4.33. The van der Waals surface area contributed by atoms with Crippen molar-refractivity contribution in [3.8, 4) is 0 Å². The molecule has 2 radical (unpaired) electrons. The van der Waals surface area contributed by atoms with E-state index in [-0.39, 0.29) is 29.6 Å². The van der Waals surface area contributed by atoms with Gasteiger partial charge in [-0.1, -0.05) is 0 Å². The standard InChI is InChI=1S/BF2.Na/c2-1-3;/q-1;+1. The first-order valence-corrected chi connectivity index (χ1v) is 0.436. The van der Waals surface area contributed by atoms with Crippen LogP contribution in [0, 0.1) is 0 Å². The number of rotatable bonds is 0. The molecule has 0 aliphatic carbocycles. The summed E-state index contributed by atoms with van der Waals surface area (Å²) >= 11 is 0. The van der Waals surface area contributed by atoms with Crippen LogP contribution < -0.4 is 29.6 Å². The molecule has 0 fully saturated rings. The second-order valence-corrected chi connectivity index (χ2v) is 0.0825. The van der Waals surface area contributed by atoms with Gasteiger partial charge in [0.05, 0.1) is 0 Å². The Balaban J connectivity index is 0. The maximum atomic E-state index is 9.50. The molecule has 0 bridgehead atoms. The molecule has 0 saturated carbocycles. The van der Waals surface area contributed by atoms with Crippen molar-refractivity contribution in [1.29, 1.82) is 0 Å². The van der Waals surface area contributed by atoms with Crippen LogP contribution in [0.1, 0.15) is 0 Å². The molecule has 0 unspecified atom stereocenters. The third kappa shape index (κ3) is 12.7. The van der Waals surface area contributed by atoms with Crippen molar-refractivity contribution in [1.82, 2.24) is 0 Å². The van der Waals surface area contributed by atoms with Crippen molar-refractivity contribution in [2.75, 3.05) is 0 Å². The van der Waals surface area contributed by atoms with Gasteiger partial charge in [-0.2, -0.15) is 0 Å². The average Bonchev–Trinajstić information content (AvgIpc) is 0.918. The minimum atomic E-state index is -1.00. The van der Waals surface area contributed by atoms with Crippen LogP contribution >= 0.6 is 0 Å². The molecule has 0 nitrogen and oxygen atoms in total. The van der Waals surface area contributed by atoms with Gasteiger partial charge in [-0.3, -0.25) is 0 Å². The van der Waals surface area contributed by atoms with Crippen molar-refractivity contribution >= 4 is 7.83 Å². The van der Waals surface area contributed by atoms with Gasteiger partial charge in [0.15, 0.2) is 0 Å². The minimum absolute atomic E-state index is 0. The summed E-state index contributed by atoms with van der Waals surface area (Å²) in [6.45, 7) is 0. The zero-order chi connectivity index (χ0) is 2.71. The molecule has 0 rings (SSSR count). The molecule has 4 heavy (non-hydrogen) atoms. The molecule has 0 N–H and O–H groups in total. The Morgan fingerprint density at radius 1 is 1.25 bits per heavy atom. The van der Waals surface area contributed by atoms with E-state index in [0.717, 1.165) is 0 Å². The van der Waals surface area contributed by atoms with E-state index in [1.54, 1.807) is 0 Å². The Hall–Kier alpha value is 0.925. The molecule has 0 aliphatic rings. The van der Waals surface area contributed by atoms with Gasteiger partial charge in [0.25, 0.3) is 0 Å². The van der Waals surface area contributed by atoms with Crippen LogP contribution in [-0.2, 0) is 0 Å². The van der Waals surface area contributed by atoms with Crippen LogP contribution in [0.3, 0.4) is 0 Å². The van der Waals surface area contributed by atoms with E-state index in [2.05, 4.69) is 0 Å². The summed E-state index contributed by atoms with van der Waals surface area (Å²) in [5, 5.41) is 0. The molecule has 0 amide bonds. The quantitative estimate of drug-likeness (QED) is 0.276. The summed E-state index contributed by atoms with van der Waals surface area (Å²) < 4.78 is 19.0. The van der Waals surface area contributed by atoms with Gasteiger partial charge >= 0.3 is 29.6 Å². The summed E-state index contributed by atoms with van der Waals surface area (Å²) in [6, 6.07) is 0. The smallest absolute Gasteiger partial charge is 0.554 e. The van der Waals surface area contributed by atoms with Crippen molar-refractivity contribution in [3.63, 3.8) is 0 Å². The minimum Gasteiger partial charge on any atom is -0.554 e. The van der Waals surface area contributed by atoms with Crippen LogP contribution in [0.5, 0.6) is 0 Å². The van der Waals surface area contributed by atoms with E-state index >= 15 is 0 Å². The first-order valence-electron chi connectivity index (χ1n) is 0.436. The molecule has 0 heterocycles. The number of hydrogen-bond acceptors (Lipinski definition) is 0. The van der Waals surface area contributed by atoms with Crippen molar-refractivity contribution in [3.05, 3.63) is 0 Å². The van der Waals surface area contributed by atoms with Crippen LogP contribution in [0.4, 0.5) is 8.63 Å². The van der Waals surface area contributed by atoms with E-state index in [0.29, 0.717) is 0 Å². The fraction of sp³-hybridized carbons (Fsp3) is 0. The Morgan fingerprint density at radius 3 is 1.25 bits per heavy atom. The molecule has 0 spiro atoms. The SMILES string of the molecule is F[B-]F.[Na+]. The Bertz CT molecular complexity index is 6.00. The van der Waals surface area contributed by atoms with Crippen molar-refractivity contribution < 1.29 is 38.2 Å². The predicted octanol–water partition coefficient (Wildman–Crippen LogP) is -2.54. The van der Waals surface area contributed by atoms with E-state index in [4.69, 9.17) is 0 Å². The topological polar surface area (TPSA) is 0 Å². The molecule has 0 aromatic heterocycles. The molecule has 0 aromatic carbocycles. The number of hydrogen-bond donors (Lipinski definition) is 0. The van der Waals surface area contributed by atoms with Gasteiger partial charge in [-0.25, -0.2) is 0 Å². The maximum absolute atomic E-state index is 9.50. The van der Waals surface area contributed by atoms with Gasteiger partial charge in [0.1, 0.15) is 7.83 Å². The van der Waals surface area contributed by atoms with E-state index in [9.17, 15) is 8.63 Å². The summed E-state index contributed by atoms with van der Waals surface area (Å²) in [7, 11) is -1.00. The van der Waals surface area contributed by atoms with Crippen molar-refractivity contribution in [2.45, 2.75) is 0 Å². The molecular weight excluding hydrogens is 71.8 g/mol. The maximum Gasteiger partial charge on any atom is 1.00 e. The van der Waals surface area contributed by atoms with E-state index < -0.39 is 7.83 Å². The van der Waals surface area contributed by atoms with Gasteiger partial charge in [0.2, 0.25) is 0 Å². The predicted molar refractivity (Wildman–Crippen MR) is 7.97 cm³/mol. The summed E-state index contributed by atoms with van der Waals surface area (Å²) in [4.78, 5) is 0. The van der Waals surface area contributed by atoms with Gasteiger partial charge in [-0.15, -0.1) is 0 Å². The molecule has 0 aromatic rings. The molecule has 4 heteroatoms. The van der Waals surface area contributed by atoms with Crippen LogP contribution in [0.15, 0.2) is 0 Å². The summed E-state index contributed by atoms with van der Waals surface area (Å²) in [6.07, 6.45) is 0. The first kappa shape index (κ1) is 8.87. The fourth-order valence-electron chi connectivity index (χ4n) is 0. The third-order valence-corrected chi connectivity index (χ3v) is 0. The summed E-state index contributed by atoms with van der Waals surface area (Å²) in [5.41, 5.74) is 0. The Kier molecular flexibility index (Phi) is 20.1. The zero-order valence-electron chi connectivity index (χ0n) is 2.33. The summed E-state index contributed by atoms with van der Waals surface area (Å²) in [5.74, 6) is 0. The fourth-order valence-corrected chi connectivity index (χ4v) is 0. The molecular formula is BF2Na. The second kappa shape index (κ2) is 9.06. The van der Waals surface area contributed by atoms with Gasteiger partial charge in [0, 0.05) is 0 Å². The monoisotopic (exact) mass is 72.0 g/mol. The average molecular weight is 71.8 g/mol. The molecule has 0 atom stereocenters. The Labute approximate surface area is 46.2 Å². The first-order chi connectivity index (χ1) is 1.41. The Morgan fingerprint density at radius 2 is 1.25 bits per heavy atom. The van der Waals surface area contributed by atoms with Crippen molar-refractivity contribution in [2.24, 2.45) is 0 Å². The normalized spacial score (nSPS) is 4.50. The van der Waals surface area contributed by atoms with Crippen LogP contribution in [0.25, 0.3) is 0 Å². The van der Waals surface area contributed by atoms with Crippen LogP contribution in [-0.4, -0.2) is 7.83 Å². The van der Waals surface area contributed by atoms with E-state index in [1.165, 1.54) is 0 Å². The van der Waals surface area contributed by atoms with Gasteiger partial charge < -0.3 is 8.63 Å². The third-order valence-electron chi connectivity index (χ3n) is 0. The second-order valence-electron chi connectivity index (χ2n) is 0.0825. The molecule has 0 saturated heterocycles. The molecule has 0 aliphatic heterocycles. The van der Waals surface area contributed by atoms with E-state index in [1.807, 2.05) is 0 Å².